The van der Waals surface area contributed by atoms with E-state index < -0.39 is 11.8 Å². The third kappa shape index (κ3) is 4.06. The number of carbonyl (C=O) groups excluding carboxylic acids is 3. The van der Waals surface area contributed by atoms with Crippen molar-refractivity contribution in [3.8, 4) is 5.75 Å². The van der Waals surface area contributed by atoms with Gasteiger partial charge in [-0.1, -0.05) is 29.5 Å². The van der Waals surface area contributed by atoms with Gasteiger partial charge in [0, 0.05) is 32.1 Å². The van der Waals surface area contributed by atoms with Crippen molar-refractivity contribution in [3.63, 3.8) is 0 Å². The number of anilines is 2. The number of aromatic nitrogens is 1. The summed E-state index contributed by atoms with van der Waals surface area (Å²) in [4.78, 5) is 42.2. The average molecular weight is 403 g/mol. The van der Waals surface area contributed by atoms with E-state index in [-0.39, 0.29) is 35.5 Å². The van der Waals surface area contributed by atoms with Crippen LogP contribution in [-0.4, -0.2) is 48.3 Å². The number of methoxy groups -OCH3 is 1. The molecule has 2 aromatic rings. The highest BCUT2D eigenvalue weighted by atomic mass is 32.1. The maximum atomic E-state index is 12.6. The summed E-state index contributed by atoms with van der Waals surface area (Å²) in [5, 5.41) is 6.24. The average Bonchev–Trinajstić information content (AvgIpc) is 3.26. The Morgan fingerprint density at radius 3 is 2.82 bits per heavy atom. The molecule has 1 saturated heterocycles. The molecule has 0 bridgehead atoms. The Morgan fingerprint density at radius 2 is 2.14 bits per heavy atom. The molecular weight excluding hydrogens is 382 g/mol. The number of rotatable bonds is 7. The van der Waals surface area contributed by atoms with Crippen LogP contribution in [0.1, 0.15) is 22.5 Å². The Hall–Kier alpha value is -3.14. The van der Waals surface area contributed by atoms with Crippen LogP contribution >= 0.6 is 11.3 Å². The molecule has 9 nitrogen and oxygen atoms in total. The zero-order chi connectivity index (χ0) is 20.3. The zero-order valence-electron chi connectivity index (χ0n) is 15.5. The summed E-state index contributed by atoms with van der Waals surface area (Å²) in [6, 6.07) is 7.44. The Labute approximate surface area is 165 Å². The number of thiazole rings is 1. The predicted molar refractivity (Wildman–Crippen MR) is 105 cm³/mol. The lowest BCUT2D eigenvalue weighted by Gasteiger charge is -2.18. The van der Waals surface area contributed by atoms with Gasteiger partial charge in [0.15, 0.2) is 10.8 Å². The highest BCUT2D eigenvalue weighted by Gasteiger charge is 2.35. The number of primary amides is 1. The van der Waals surface area contributed by atoms with Gasteiger partial charge in [0.2, 0.25) is 11.8 Å². The normalized spacial score (nSPS) is 16.1. The first-order valence-corrected chi connectivity index (χ1v) is 9.43. The van der Waals surface area contributed by atoms with Gasteiger partial charge >= 0.3 is 0 Å². The van der Waals surface area contributed by atoms with E-state index >= 15 is 0 Å². The van der Waals surface area contributed by atoms with Gasteiger partial charge in [-0.15, -0.1) is 0 Å². The Kier molecular flexibility index (Phi) is 5.78. The molecule has 10 heteroatoms. The van der Waals surface area contributed by atoms with Gasteiger partial charge in [0.25, 0.3) is 5.91 Å². The number of hydrogen-bond donors (Lipinski definition) is 3. The third-order valence-corrected chi connectivity index (χ3v) is 5.44. The third-order valence-electron chi connectivity index (χ3n) is 4.45. The number of carbonyl (C=O) groups is 3. The summed E-state index contributed by atoms with van der Waals surface area (Å²) in [6.45, 7) is 0.649. The van der Waals surface area contributed by atoms with E-state index in [0.29, 0.717) is 17.4 Å². The first-order valence-electron chi connectivity index (χ1n) is 8.61. The van der Waals surface area contributed by atoms with Gasteiger partial charge in [0.05, 0.1) is 13.0 Å². The van der Waals surface area contributed by atoms with Crippen molar-refractivity contribution in [1.82, 2.24) is 9.88 Å². The largest absolute Gasteiger partial charge is 0.496 e. The van der Waals surface area contributed by atoms with Gasteiger partial charge in [-0.2, -0.15) is 0 Å². The standard InChI is InChI=1S/C18H21N5O4S/c1-20-18-21-14(15(19)25)17(28-18)22-16(26)11-7-13(24)23(9-11)8-10-5-3-4-6-12(10)27-2/h3-6,11H,7-9H2,1-2H3,(H2,19,25)(H,20,21)(H,22,26). The molecule has 28 heavy (non-hydrogen) atoms. The quantitative estimate of drug-likeness (QED) is 0.639. The monoisotopic (exact) mass is 403 g/mol. The molecule has 0 spiro atoms. The van der Waals surface area contributed by atoms with E-state index in [1.807, 2.05) is 24.3 Å². The number of benzene rings is 1. The van der Waals surface area contributed by atoms with Gasteiger partial charge in [-0.05, 0) is 6.07 Å². The molecular formula is C18H21N5O4S. The van der Waals surface area contributed by atoms with Crippen LogP contribution in [0.15, 0.2) is 24.3 Å². The van der Waals surface area contributed by atoms with Gasteiger partial charge in [0.1, 0.15) is 10.8 Å². The lowest BCUT2D eigenvalue weighted by molar-refractivity contribution is -0.128. The highest BCUT2D eigenvalue weighted by Crippen LogP contribution is 2.30. The summed E-state index contributed by atoms with van der Waals surface area (Å²) in [6.07, 6.45) is 0.102. The summed E-state index contributed by atoms with van der Waals surface area (Å²) >= 11 is 1.11. The molecule has 0 aliphatic carbocycles. The second-order valence-electron chi connectivity index (χ2n) is 6.29. The molecule has 1 aliphatic rings. The van der Waals surface area contributed by atoms with Crippen LogP contribution in [0.5, 0.6) is 5.75 Å². The number of para-hydroxylation sites is 1. The fourth-order valence-corrected chi connectivity index (χ4v) is 3.86. The lowest BCUT2D eigenvalue weighted by Crippen LogP contribution is -2.28. The molecule has 1 unspecified atom stereocenters. The molecule has 3 amide bonds. The molecule has 1 aromatic heterocycles. The summed E-state index contributed by atoms with van der Waals surface area (Å²) in [5.41, 5.74) is 6.19. The maximum Gasteiger partial charge on any atom is 0.270 e. The topological polar surface area (TPSA) is 127 Å². The van der Waals surface area contributed by atoms with Crippen molar-refractivity contribution in [1.29, 1.82) is 0 Å². The van der Waals surface area contributed by atoms with E-state index in [1.165, 1.54) is 0 Å². The minimum Gasteiger partial charge on any atom is -0.496 e. The lowest BCUT2D eigenvalue weighted by atomic mass is 10.1. The van der Waals surface area contributed by atoms with E-state index in [9.17, 15) is 14.4 Å². The molecule has 1 atom stereocenters. The minimum atomic E-state index is -0.728. The number of amides is 3. The maximum absolute atomic E-state index is 12.6. The Balaban J connectivity index is 1.69. The first-order chi connectivity index (χ1) is 13.4. The highest BCUT2D eigenvalue weighted by molar-refractivity contribution is 7.20. The molecule has 3 rings (SSSR count). The second kappa shape index (κ2) is 8.26. The molecule has 4 N–H and O–H groups in total. The van der Waals surface area contributed by atoms with Crippen molar-refractivity contribution < 1.29 is 19.1 Å². The number of hydrogen-bond acceptors (Lipinski definition) is 7. The smallest absolute Gasteiger partial charge is 0.270 e. The number of nitrogens with one attached hydrogen (secondary N) is 2. The van der Waals surface area contributed by atoms with Crippen LogP contribution in [0.3, 0.4) is 0 Å². The number of ether oxygens (including phenoxy) is 1. The molecule has 1 aliphatic heterocycles. The van der Waals surface area contributed by atoms with Crippen LogP contribution in [-0.2, 0) is 16.1 Å². The van der Waals surface area contributed by atoms with Crippen LogP contribution in [0.2, 0.25) is 0 Å². The Morgan fingerprint density at radius 1 is 1.39 bits per heavy atom. The van der Waals surface area contributed by atoms with E-state index in [4.69, 9.17) is 10.5 Å². The van der Waals surface area contributed by atoms with Gasteiger partial charge in [-0.3, -0.25) is 14.4 Å². The minimum absolute atomic E-state index is 0.00194. The van der Waals surface area contributed by atoms with Crippen molar-refractivity contribution in [3.05, 3.63) is 35.5 Å². The predicted octanol–water partition coefficient (Wildman–Crippen LogP) is 1.28. The van der Waals surface area contributed by atoms with Crippen LogP contribution < -0.4 is 21.1 Å². The number of likely N-dealkylation sites (tertiary alicyclic amines) is 1. The van der Waals surface area contributed by atoms with Gasteiger partial charge in [-0.25, -0.2) is 4.98 Å². The zero-order valence-corrected chi connectivity index (χ0v) is 16.3. The second-order valence-corrected chi connectivity index (χ2v) is 7.29. The molecule has 0 radical (unpaired) electrons. The van der Waals surface area contributed by atoms with Crippen LogP contribution in [0.25, 0.3) is 0 Å². The fourth-order valence-electron chi connectivity index (χ4n) is 3.03. The van der Waals surface area contributed by atoms with E-state index in [0.717, 1.165) is 16.9 Å². The summed E-state index contributed by atoms with van der Waals surface area (Å²) < 4.78 is 5.32. The molecule has 0 saturated carbocycles. The van der Waals surface area contributed by atoms with Crippen LogP contribution in [0, 0.1) is 5.92 Å². The molecule has 1 aromatic carbocycles. The van der Waals surface area contributed by atoms with Crippen molar-refractivity contribution in [2.75, 3.05) is 31.3 Å². The SMILES string of the molecule is CNc1nc(C(N)=O)c(NC(=O)C2CC(=O)N(Cc3ccccc3OC)C2)s1. The van der Waals surface area contributed by atoms with Crippen molar-refractivity contribution >= 4 is 39.2 Å². The molecule has 1 fully saturated rings. The van der Waals surface area contributed by atoms with Crippen LogP contribution in [0.4, 0.5) is 10.1 Å². The molecule has 148 valence electrons. The van der Waals surface area contributed by atoms with E-state index in [2.05, 4.69) is 15.6 Å². The summed E-state index contributed by atoms with van der Waals surface area (Å²) in [7, 11) is 3.23. The van der Waals surface area contributed by atoms with Crippen molar-refractivity contribution in [2.24, 2.45) is 11.7 Å². The van der Waals surface area contributed by atoms with Crippen molar-refractivity contribution in [2.45, 2.75) is 13.0 Å². The summed E-state index contributed by atoms with van der Waals surface area (Å²) in [5.74, 6) is -1.01. The Bertz CT molecular complexity index is 913. The fraction of sp³-hybridized carbons (Fsp3) is 0.333. The van der Waals surface area contributed by atoms with Gasteiger partial charge < -0.3 is 26.0 Å². The number of nitrogens with two attached hydrogens (primary N) is 1. The molecule has 2 heterocycles. The first kappa shape index (κ1) is 19.6. The number of nitrogens with zero attached hydrogens (tertiary/aromatic N) is 2. The van der Waals surface area contributed by atoms with E-state index in [1.54, 1.807) is 19.1 Å².